The molecule has 0 aliphatic carbocycles. The van der Waals surface area contributed by atoms with E-state index in [2.05, 4.69) is 10.3 Å². The second-order valence-electron chi connectivity index (χ2n) is 4.59. The molecular weight excluding hydrogens is 322 g/mol. The molecule has 0 fully saturated rings. The summed E-state index contributed by atoms with van der Waals surface area (Å²) in [7, 11) is 2.88. The van der Waals surface area contributed by atoms with Crippen molar-refractivity contribution in [2.75, 3.05) is 20.8 Å². The van der Waals surface area contributed by atoms with E-state index in [4.69, 9.17) is 9.47 Å². The number of hydrogen-bond donors (Lipinski definition) is 2. The summed E-state index contributed by atoms with van der Waals surface area (Å²) in [6.45, 7) is 0.195. The number of amides is 1. The number of methoxy groups -OCH3 is 2. The van der Waals surface area contributed by atoms with Gasteiger partial charge in [-0.2, -0.15) is 0 Å². The molecule has 0 unspecified atom stereocenters. The van der Waals surface area contributed by atoms with Crippen LogP contribution < -0.4 is 16.6 Å². The normalized spacial score (nSPS) is 10.9. The van der Waals surface area contributed by atoms with E-state index in [1.54, 1.807) is 0 Å². The Bertz CT molecular complexity index is 761. The minimum Gasteiger partial charge on any atom is -0.354 e. The van der Waals surface area contributed by atoms with Gasteiger partial charge in [0.05, 0.1) is 13.1 Å². The summed E-state index contributed by atoms with van der Waals surface area (Å²) < 4.78 is 10.9. The fraction of sp³-hybridized carbons (Fsp3) is 0.357. The van der Waals surface area contributed by atoms with Gasteiger partial charge >= 0.3 is 5.69 Å². The molecule has 2 rings (SSSR count). The lowest BCUT2D eigenvalue weighted by atomic mass is 10.3. The quantitative estimate of drug-likeness (QED) is 0.691. The van der Waals surface area contributed by atoms with E-state index >= 15 is 0 Å². The minimum absolute atomic E-state index is 0.0787. The van der Waals surface area contributed by atoms with Crippen LogP contribution in [0.5, 0.6) is 0 Å². The van der Waals surface area contributed by atoms with E-state index in [1.807, 2.05) is 17.5 Å². The van der Waals surface area contributed by atoms with Crippen LogP contribution in [-0.2, 0) is 16.0 Å². The minimum atomic E-state index is -0.647. The lowest BCUT2D eigenvalue weighted by molar-refractivity contribution is -0.0974. The first-order chi connectivity index (χ1) is 11.1. The van der Waals surface area contributed by atoms with Crippen molar-refractivity contribution in [2.45, 2.75) is 12.8 Å². The number of ether oxygens (including phenoxy) is 2. The van der Waals surface area contributed by atoms with E-state index in [-0.39, 0.29) is 18.7 Å². The van der Waals surface area contributed by atoms with Crippen LogP contribution in [0.15, 0.2) is 33.3 Å². The second kappa shape index (κ2) is 7.86. The number of hydrogen-bond acceptors (Lipinski definition) is 6. The van der Waals surface area contributed by atoms with E-state index in [0.717, 1.165) is 15.6 Å². The van der Waals surface area contributed by atoms with Gasteiger partial charge in [-0.05, 0) is 11.4 Å². The summed E-state index contributed by atoms with van der Waals surface area (Å²) in [5, 5.41) is 4.37. The largest absolute Gasteiger partial charge is 0.354 e. The van der Waals surface area contributed by atoms with Crippen molar-refractivity contribution in [3.8, 4) is 0 Å². The number of thiophene rings is 1. The smallest absolute Gasteiger partial charge is 0.328 e. The Morgan fingerprint density at radius 1 is 1.39 bits per heavy atom. The molecule has 2 N–H and O–H groups in total. The Kier molecular flexibility index (Phi) is 5.85. The van der Waals surface area contributed by atoms with Gasteiger partial charge in [-0.15, -0.1) is 11.3 Å². The fourth-order valence-electron chi connectivity index (χ4n) is 1.91. The molecule has 0 aliphatic rings. The monoisotopic (exact) mass is 339 g/mol. The van der Waals surface area contributed by atoms with Crippen LogP contribution in [0.4, 0.5) is 0 Å². The molecule has 2 aromatic rings. The van der Waals surface area contributed by atoms with Crippen molar-refractivity contribution < 1.29 is 14.3 Å². The fourth-order valence-corrected chi connectivity index (χ4v) is 2.60. The van der Waals surface area contributed by atoms with Gasteiger partial charge < -0.3 is 19.8 Å². The Balaban J connectivity index is 2.21. The van der Waals surface area contributed by atoms with Crippen LogP contribution in [0, 0.1) is 0 Å². The Hall–Kier alpha value is -2.23. The molecule has 0 aliphatic heterocycles. The summed E-state index contributed by atoms with van der Waals surface area (Å²) in [6.07, 6.45) is 0.495. The van der Waals surface area contributed by atoms with Gasteiger partial charge in [0.15, 0.2) is 6.29 Å². The van der Waals surface area contributed by atoms with Crippen molar-refractivity contribution in [1.29, 1.82) is 0 Å². The van der Waals surface area contributed by atoms with Gasteiger partial charge in [0.25, 0.3) is 11.5 Å². The van der Waals surface area contributed by atoms with E-state index in [0.29, 0.717) is 0 Å². The summed E-state index contributed by atoms with van der Waals surface area (Å²) in [4.78, 5) is 39.6. The molecule has 0 saturated heterocycles. The maximum Gasteiger partial charge on any atom is 0.328 e. The topological polar surface area (TPSA) is 102 Å². The maximum absolute atomic E-state index is 12.4. The lowest BCUT2D eigenvalue weighted by Gasteiger charge is -2.14. The average Bonchev–Trinajstić information content (AvgIpc) is 3.05. The van der Waals surface area contributed by atoms with Crippen LogP contribution in [0.2, 0.25) is 0 Å². The third-order valence-corrected chi connectivity index (χ3v) is 4.02. The molecule has 8 nitrogen and oxygen atoms in total. The standard InChI is InChI=1S/C14H17N3O5S/c1-21-11(22-2)7-15-12(18)10-6-16-14(20)17(13(10)19)8-9-4-3-5-23-9/h3-6,11H,7-8H2,1-2H3,(H,15,18)(H,16,20). The van der Waals surface area contributed by atoms with Gasteiger partial charge in [-0.3, -0.25) is 14.2 Å². The van der Waals surface area contributed by atoms with Crippen molar-refractivity contribution in [3.05, 3.63) is 55.0 Å². The van der Waals surface area contributed by atoms with Crippen LogP contribution in [0.25, 0.3) is 0 Å². The molecule has 0 atom stereocenters. The number of nitrogens with zero attached hydrogens (tertiary/aromatic N) is 1. The van der Waals surface area contributed by atoms with E-state index in [9.17, 15) is 14.4 Å². The highest BCUT2D eigenvalue weighted by Crippen LogP contribution is 2.08. The van der Waals surface area contributed by atoms with E-state index in [1.165, 1.54) is 25.6 Å². The average molecular weight is 339 g/mol. The van der Waals surface area contributed by atoms with Gasteiger partial charge in [-0.1, -0.05) is 6.07 Å². The highest BCUT2D eigenvalue weighted by Gasteiger charge is 2.16. The number of rotatable bonds is 7. The van der Waals surface area contributed by atoms with Crippen molar-refractivity contribution in [3.63, 3.8) is 0 Å². The van der Waals surface area contributed by atoms with Crippen LogP contribution in [0.1, 0.15) is 15.2 Å². The molecule has 23 heavy (non-hydrogen) atoms. The molecule has 2 aromatic heterocycles. The lowest BCUT2D eigenvalue weighted by Crippen LogP contribution is -2.42. The number of nitrogens with one attached hydrogen (secondary N) is 2. The molecule has 9 heteroatoms. The zero-order valence-electron chi connectivity index (χ0n) is 12.7. The zero-order chi connectivity index (χ0) is 16.8. The van der Waals surface area contributed by atoms with Crippen LogP contribution >= 0.6 is 11.3 Å². The number of aromatic nitrogens is 2. The summed E-state index contributed by atoms with van der Waals surface area (Å²) in [5.41, 5.74) is -1.36. The molecule has 1 amide bonds. The first-order valence-electron chi connectivity index (χ1n) is 6.75. The third-order valence-electron chi connectivity index (χ3n) is 3.15. The third kappa shape index (κ3) is 4.15. The Morgan fingerprint density at radius 2 is 2.13 bits per heavy atom. The second-order valence-corrected chi connectivity index (χ2v) is 5.62. The highest BCUT2D eigenvalue weighted by atomic mass is 32.1. The first kappa shape index (κ1) is 17.1. The van der Waals surface area contributed by atoms with Crippen molar-refractivity contribution in [1.82, 2.24) is 14.9 Å². The molecule has 0 radical (unpaired) electrons. The molecule has 124 valence electrons. The van der Waals surface area contributed by atoms with Gasteiger partial charge in [-0.25, -0.2) is 4.79 Å². The molecule has 0 spiro atoms. The van der Waals surface area contributed by atoms with E-state index < -0.39 is 23.4 Å². The first-order valence-corrected chi connectivity index (χ1v) is 7.63. The van der Waals surface area contributed by atoms with Crippen molar-refractivity contribution >= 4 is 17.2 Å². The maximum atomic E-state index is 12.4. The molecule has 2 heterocycles. The SMILES string of the molecule is COC(CNC(=O)c1c[nH]c(=O)n(Cc2cccs2)c1=O)OC. The zero-order valence-corrected chi connectivity index (χ0v) is 13.5. The van der Waals surface area contributed by atoms with Crippen LogP contribution in [0.3, 0.4) is 0 Å². The molecule has 0 bridgehead atoms. The number of aromatic amines is 1. The van der Waals surface area contributed by atoms with Crippen LogP contribution in [-0.4, -0.2) is 42.5 Å². The summed E-state index contributed by atoms with van der Waals surface area (Å²) in [6, 6.07) is 3.64. The highest BCUT2D eigenvalue weighted by molar-refractivity contribution is 7.09. The summed E-state index contributed by atoms with van der Waals surface area (Å²) in [5.74, 6) is -0.606. The number of carbonyl (C=O) groups is 1. The Morgan fingerprint density at radius 3 is 2.74 bits per heavy atom. The summed E-state index contributed by atoms with van der Waals surface area (Å²) >= 11 is 1.42. The van der Waals surface area contributed by atoms with Crippen molar-refractivity contribution in [2.24, 2.45) is 0 Å². The number of H-pyrrole nitrogens is 1. The molecule has 0 aromatic carbocycles. The number of carbonyl (C=O) groups excluding carboxylic acids is 1. The predicted octanol–water partition coefficient (Wildman–Crippen LogP) is -0.00490. The Labute approximate surface area is 135 Å². The van der Waals surface area contributed by atoms with Gasteiger partial charge in [0, 0.05) is 25.3 Å². The predicted molar refractivity (Wildman–Crippen MR) is 84.9 cm³/mol. The van der Waals surface area contributed by atoms with Gasteiger partial charge in [0.2, 0.25) is 0 Å². The van der Waals surface area contributed by atoms with Gasteiger partial charge in [0.1, 0.15) is 5.56 Å². The molecular formula is C14H17N3O5S. The molecule has 0 saturated carbocycles.